The summed E-state index contributed by atoms with van der Waals surface area (Å²) in [6.07, 6.45) is 3.19. The monoisotopic (exact) mass is 1290 g/mol. The summed E-state index contributed by atoms with van der Waals surface area (Å²) in [6.45, 7) is 48.3. The molecule has 4 aromatic rings. The van der Waals surface area contributed by atoms with Gasteiger partial charge in [0.1, 0.15) is 25.4 Å². The smallest absolute Gasteiger partial charge is 0.313 e. The van der Waals surface area contributed by atoms with Gasteiger partial charge < -0.3 is 33.2 Å². The second-order valence-electron chi connectivity index (χ2n) is 24.4. The lowest BCUT2D eigenvalue weighted by Crippen LogP contribution is -2.26. The number of carbonyl (C=O) groups excluding carboxylic acids is 7. The number of unbranched alkanes of at least 4 members (excludes halogenated alkanes) is 1. The molecule has 4 aromatic carbocycles. The normalized spacial score (nSPS) is 10.5. The van der Waals surface area contributed by atoms with E-state index in [2.05, 4.69) is 87.1 Å². The molecule has 0 aromatic heterocycles. The summed E-state index contributed by atoms with van der Waals surface area (Å²) in [6, 6.07) is 32.6. The highest BCUT2D eigenvalue weighted by Gasteiger charge is 2.29. The van der Waals surface area contributed by atoms with Gasteiger partial charge in [0.15, 0.2) is 0 Å². The van der Waals surface area contributed by atoms with Gasteiger partial charge in [-0.25, -0.2) is 0 Å². The number of carbonyl (C=O) groups is 7. The summed E-state index contributed by atoms with van der Waals surface area (Å²) in [5, 5.41) is 10.7. The Morgan fingerprint density at radius 3 is 1.22 bits per heavy atom. The largest absolute Gasteiger partial charge is 0.466 e. The Morgan fingerprint density at radius 2 is 0.870 bits per heavy atom. The molecule has 17 nitrogen and oxygen atoms in total. The molecule has 1 aliphatic carbocycles. The van der Waals surface area contributed by atoms with Gasteiger partial charge in [0.25, 0.3) is 5.69 Å². The maximum absolute atomic E-state index is 11.7. The van der Waals surface area contributed by atoms with Crippen LogP contribution in [0.1, 0.15) is 208 Å². The van der Waals surface area contributed by atoms with E-state index < -0.39 is 4.92 Å². The predicted octanol–water partition coefficient (Wildman–Crippen LogP) is 18.2. The van der Waals surface area contributed by atoms with E-state index in [0.29, 0.717) is 32.0 Å². The van der Waals surface area contributed by atoms with E-state index in [4.69, 9.17) is 23.7 Å². The fourth-order valence-electron chi connectivity index (χ4n) is 6.22. The molecule has 1 aliphatic rings. The summed E-state index contributed by atoms with van der Waals surface area (Å²) in [5.41, 5.74) is 8.93. The maximum atomic E-state index is 11.7. The number of hydrogen-bond donors (Lipinski definition) is 0. The molecule has 0 amide bonds. The van der Waals surface area contributed by atoms with E-state index in [1.807, 2.05) is 132 Å². The highest BCUT2D eigenvalue weighted by molar-refractivity contribution is 5.79. The van der Waals surface area contributed by atoms with Crippen LogP contribution >= 0.6 is 0 Å². The van der Waals surface area contributed by atoms with Crippen LogP contribution < -0.4 is 0 Å². The number of benzene rings is 4. The molecule has 5 rings (SSSR count). The predicted molar refractivity (Wildman–Crippen MR) is 369 cm³/mol. The number of hydrogen-bond acceptors (Lipinski definition) is 16. The van der Waals surface area contributed by atoms with E-state index in [1.54, 1.807) is 52.8 Å². The van der Waals surface area contributed by atoms with Crippen molar-refractivity contribution in [3.8, 4) is 11.1 Å². The van der Waals surface area contributed by atoms with Crippen molar-refractivity contribution in [1.82, 2.24) is 0 Å². The van der Waals surface area contributed by atoms with Crippen molar-refractivity contribution in [2.45, 2.75) is 204 Å². The summed E-state index contributed by atoms with van der Waals surface area (Å²) in [7, 11) is 0. The molecule has 0 saturated carbocycles. The summed E-state index contributed by atoms with van der Waals surface area (Å²) < 4.78 is 34.5. The molecule has 17 heteroatoms. The van der Waals surface area contributed by atoms with Crippen LogP contribution in [0.4, 0.5) is 5.69 Å². The maximum Gasteiger partial charge on any atom is 0.313 e. The first-order valence-corrected chi connectivity index (χ1v) is 31.3. The second-order valence-corrected chi connectivity index (χ2v) is 24.4. The lowest BCUT2D eigenvalue weighted by molar-refractivity contribution is -0.385. The molecule has 0 aliphatic heterocycles. The lowest BCUT2D eigenvalue weighted by atomic mass is 9.98. The molecule has 92 heavy (non-hydrogen) atoms. The SMILES string of the molecule is C.C=COC(=O)C(C)C.CC(C)=C(C)C.CC(C)C(=O)OC(C)(C)C.CC(C)C(=O)OCC1c2ccccc2-c2ccccc21.CC(C)C(=O)OCc1ccccc1.CC(C)C(=O)OCc1ccccc1[N+](=O)[O-].CCCCOC(=O)C(C)C.CCOC(=O)C(C)C. The Labute approximate surface area is 552 Å². The number of rotatable bonds is 19. The Bertz CT molecular complexity index is 2740. The summed E-state index contributed by atoms with van der Waals surface area (Å²) >= 11 is 0. The van der Waals surface area contributed by atoms with Crippen molar-refractivity contribution < 1.29 is 71.6 Å². The van der Waals surface area contributed by atoms with Crippen LogP contribution in [-0.2, 0) is 79.9 Å². The third kappa shape index (κ3) is 42.9. The fourth-order valence-corrected chi connectivity index (χ4v) is 6.22. The van der Waals surface area contributed by atoms with E-state index in [1.165, 1.54) is 39.5 Å². The number of nitro benzene ring substituents is 1. The number of allylic oxidation sites excluding steroid dienone is 2. The van der Waals surface area contributed by atoms with Gasteiger partial charge in [-0.05, 0) is 95.7 Å². The number of nitrogens with zero attached hydrogens (tertiary/aromatic N) is 1. The second kappa shape index (κ2) is 50.7. The van der Waals surface area contributed by atoms with Gasteiger partial charge in [0.05, 0.1) is 71.4 Å². The van der Waals surface area contributed by atoms with Gasteiger partial charge in [0, 0.05) is 12.0 Å². The summed E-state index contributed by atoms with van der Waals surface area (Å²) in [5.74, 6) is -1.50. The Balaban J connectivity index is -0.000000495. The number of nitro groups is 1. The average molecular weight is 1290 g/mol. The molecule has 0 N–H and O–H groups in total. The molecule has 0 atom stereocenters. The van der Waals surface area contributed by atoms with Crippen LogP contribution in [0.5, 0.6) is 0 Å². The van der Waals surface area contributed by atoms with Crippen LogP contribution in [-0.4, -0.2) is 72.1 Å². The molecule has 0 fully saturated rings. The van der Waals surface area contributed by atoms with Crippen molar-refractivity contribution >= 4 is 47.5 Å². The van der Waals surface area contributed by atoms with Crippen LogP contribution in [0.2, 0.25) is 0 Å². The van der Waals surface area contributed by atoms with Crippen molar-refractivity contribution in [3.05, 3.63) is 159 Å². The van der Waals surface area contributed by atoms with Crippen LogP contribution in [0, 0.1) is 51.5 Å². The molecule has 0 bridgehead atoms. The molecule has 0 saturated heterocycles. The van der Waals surface area contributed by atoms with Crippen LogP contribution in [0.3, 0.4) is 0 Å². The minimum atomic E-state index is -0.488. The first kappa shape index (κ1) is 90.5. The minimum Gasteiger partial charge on any atom is -0.466 e. The van der Waals surface area contributed by atoms with E-state index in [0.717, 1.165) is 24.7 Å². The molecule has 516 valence electrons. The first-order chi connectivity index (χ1) is 42.4. The van der Waals surface area contributed by atoms with E-state index in [9.17, 15) is 43.7 Å². The third-order valence-electron chi connectivity index (χ3n) is 12.1. The topological polar surface area (TPSA) is 227 Å². The Morgan fingerprint density at radius 1 is 0.500 bits per heavy atom. The van der Waals surface area contributed by atoms with Crippen LogP contribution in [0.15, 0.2) is 127 Å². The fraction of sp³-hybridized carbons (Fsp3) is 0.533. The number of ether oxygens (including phenoxy) is 7. The van der Waals surface area contributed by atoms with Crippen LogP contribution in [0.25, 0.3) is 11.1 Å². The molecule has 0 heterocycles. The molecular formula is C75H115NO16. The number of fused-ring (bicyclic) bond motifs is 3. The third-order valence-corrected chi connectivity index (χ3v) is 12.1. The van der Waals surface area contributed by atoms with Gasteiger partial charge in [-0.3, -0.25) is 43.7 Å². The quantitative estimate of drug-likeness (QED) is 0.0162. The highest BCUT2D eigenvalue weighted by Crippen LogP contribution is 2.44. The van der Waals surface area contributed by atoms with Gasteiger partial charge in [-0.1, -0.05) is 226 Å². The van der Waals surface area contributed by atoms with E-state index >= 15 is 0 Å². The van der Waals surface area contributed by atoms with Gasteiger partial charge >= 0.3 is 41.8 Å². The Kier molecular flexibility index (Phi) is 49.8. The number of esters is 7. The van der Waals surface area contributed by atoms with Gasteiger partial charge in [0.2, 0.25) is 0 Å². The number of para-hydroxylation sites is 1. The molecule has 0 unspecified atom stereocenters. The molecule has 0 spiro atoms. The van der Waals surface area contributed by atoms with Crippen molar-refractivity contribution in [1.29, 1.82) is 0 Å². The van der Waals surface area contributed by atoms with Crippen molar-refractivity contribution in [2.75, 3.05) is 19.8 Å². The van der Waals surface area contributed by atoms with Crippen molar-refractivity contribution in [2.24, 2.45) is 41.4 Å². The highest BCUT2D eigenvalue weighted by atomic mass is 16.6. The zero-order valence-corrected chi connectivity index (χ0v) is 59.1. The summed E-state index contributed by atoms with van der Waals surface area (Å²) in [4.78, 5) is 86.9. The minimum absolute atomic E-state index is 0. The average Bonchev–Trinajstić information content (AvgIpc) is 1.64. The van der Waals surface area contributed by atoms with Crippen molar-refractivity contribution in [3.63, 3.8) is 0 Å². The zero-order valence-electron chi connectivity index (χ0n) is 59.1. The van der Waals surface area contributed by atoms with E-state index in [-0.39, 0.29) is 114 Å². The Hall–Kier alpha value is -7.95. The zero-order chi connectivity index (χ0) is 70.6. The van der Waals surface area contributed by atoms with Gasteiger partial charge in [-0.15, -0.1) is 0 Å². The standard InChI is InChI=1S/C18H18O2.C11H13NO4.C11H14O2.2C8H16O2.C6H12O2.C6H10O2.C6H12.CH4/c1-12(2)18(19)20-11-17-15-9-5-3-7-13(15)14-8-4-6-10-16(14)17;1-8(2)11(13)16-7-9-5-3-4-6-10(9)12(14)15;1-9(2)11(12)13-8-10-6-4-3-5-7-10;1-6(2)7(9)10-8(3,4)5;1-4-5-6-10-8(9)7(2)3;2*1-4-8-6(7)5(2)3;1-5(2)6(3)4;/h3-10,12,17H,11H2,1-2H3;3-6,8H,7H2,1-2H3;3-7,9H,8H2,1-2H3;6H,1-5H3;7H,4-6H2,1-3H3;5H,4H2,1-3H3;4-5H,1H2,2-3H3;1-4H3;1H4. The lowest BCUT2D eigenvalue weighted by Gasteiger charge is -2.20. The first-order valence-electron chi connectivity index (χ1n) is 31.3. The van der Waals surface area contributed by atoms with Gasteiger partial charge in [-0.2, -0.15) is 0 Å². The molecule has 0 radical (unpaired) electrons. The molecular weight excluding hydrogens is 1170 g/mol.